The Morgan fingerprint density at radius 2 is 1.55 bits per heavy atom. The van der Waals surface area contributed by atoms with E-state index in [2.05, 4.69) is 5.32 Å². The Labute approximate surface area is 173 Å². The summed E-state index contributed by atoms with van der Waals surface area (Å²) in [6.07, 6.45) is -0.858. The summed E-state index contributed by atoms with van der Waals surface area (Å²) in [7, 11) is 0. The highest BCUT2D eigenvalue weighted by Crippen LogP contribution is 2.29. The molecule has 0 aliphatic heterocycles. The van der Waals surface area contributed by atoms with Gasteiger partial charge in [0.05, 0.1) is 16.0 Å². The van der Waals surface area contributed by atoms with Crippen LogP contribution in [0.1, 0.15) is 24.1 Å². The molecular formula is C22H19ClN2O4. The molecule has 1 atom stereocenters. The fourth-order valence-corrected chi connectivity index (χ4v) is 3.07. The monoisotopic (exact) mass is 410 g/mol. The topological polar surface area (TPSA) is 81.5 Å². The number of ether oxygens (including phenoxy) is 1. The molecule has 0 saturated carbocycles. The first-order chi connectivity index (χ1) is 14.0. The molecular weight excluding hydrogens is 392 g/mol. The first-order valence-corrected chi connectivity index (χ1v) is 9.34. The molecule has 1 amide bonds. The summed E-state index contributed by atoms with van der Waals surface area (Å²) in [6.45, 7) is 1.60. The molecule has 0 radical (unpaired) electrons. The number of halogens is 1. The van der Waals surface area contributed by atoms with E-state index in [1.807, 2.05) is 60.7 Å². The lowest BCUT2D eigenvalue weighted by molar-refractivity contribution is -0.384. The van der Waals surface area contributed by atoms with Crippen molar-refractivity contribution in [3.8, 4) is 5.75 Å². The molecule has 3 aromatic carbocycles. The summed E-state index contributed by atoms with van der Waals surface area (Å²) in [5.41, 5.74) is 1.73. The molecule has 7 heteroatoms. The van der Waals surface area contributed by atoms with Crippen LogP contribution in [-0.2, 0) is 4.79 Å². The number of hydrogen-bond acceptors (Lipinski definition) is 4. The average molecular weight is 411 g/mol. The van der Waals surface area contributed by atoms with Gasteiger partial charge in [-0.15, -0.1) is 0 Å². The summed E-state index contributed by atoms with van der Waals surface area (Å²) < 4.78 is 5.65. The van der Waals surface area contributed by atoms with E-state index in [9.17, 15) is 14.9 Å². The molecule has 0 spiro atoms. The fourth-order valence-electron chi connectivity index (χ4n) is 2.85. The van der Waals surface area contributed by atoms with Gasteiger partial charge in [0, 0.05) is 12.1 Å². The van der Waals surface area contributed by atoms with Crippen molar-refractivity contribution >= 4 is 23.2 Å². The minimum atomic E-state index is -0.858. The molecule has 0 aliphatic rings. The third kappa shape index (κ3) is 5.12. The van der Waals surface area contributed by atoms with E-state index in [-0.39, 0.29) is 28.4 Å². The molecule has 3 aromatic rings. The second-order valence-corrected chi connectivity index (χ2v) is 6.80. The molecule has 0 aliphatic carbocycles. The van der Waals surface area contributed by atoms with Gasteiger partial charge < -0.3 is 10.1 Å². The van der Waals surface area contributed by atoms with Gasteiger partial charge in [-0.05, 0) is 24.1 Å². The number of benzene rings is 3. The molecule has 29 heavy (non-hydrogen) atoms. The molecule has 1 unspecified atom stereocenters. The largest absolute Gasteiger partial charge is 0.479 e. The van der Waals surface area contributed by atoms with E-state index in [4.69, 9.17) is 16.3 Å². The SMILES string of the molecule is CC(Oc1ccc([N+](=O)[O-])cc1Cl)C(=O)NC(c1ccccc1)c1ccccc1. The average Bonchev–Trinajstić information content (AvgIpc) is 2.74. The minimum absolute atomic E-state index is 0.0709. The Bertz CT molecular complexity index is 957. The number of nitro benzene ring substituents is 1. The standard InChI is InChI=1S/C22H19ClN2O4/c1-15(29-20-13-12-18(25(27)28)14-19(20)23)22(26)24-21(16-8-4-2-5-9-16)17-10-6-3-7-11-17/h2-15,21H,1H3,(H,24,26). The van der Waals surface area contributed by atoms with Crippen LogP contribution in [0.2, 0.25) is 5.02 Å². The maximum atomic E-state index is 12.8. The minimum Gasteiger partial charge on any atom is -0.479 e. The predicted octanol–water partition coefficient (Wildman–Crippen LogP) is 4.92. The Kier molecular flexibility index (Phi) is 6.46. The number of amides is 1. The zero-order valence-electron chi connectivity index (χ0n) is 15.6. The van der Waals surface area contributed by atoms with Crippen LogP contribution < -0.4 is 10.1 Å². The van der Waals surface area contributed by atoms with Crippen molar-refractivity contribution < 1.29 is 14.5 Å². The number of nitrogens with zero attached hydrogens (tertiary/aromatic N) is 1. The highest BCUT2D eigenvalue weighted by molar-refractivity contribution is 6.32. The van der Waals surface area contributed by atoms with Gasteiger partial charge in [0.1, 0.15) is 5.75 Å². The molecule has 1 N–H and O–H groups in total. The molecule has 0 saturated heterocycles. The van der Waals surface area contributed by atoms with Crippen LogP contribution in [-0.4, -0.2) is 16.9 Å². The van der Waals surface area contributed by atoms with E-state index in [0.717, 1.165) is 11.1 Å². The van der Waals surface area contributed by atoms with Crippen LogP contribution in [0.5, 0.6) is 5.75 Å². The molecule has 0 aromatic heterocycles. The van der Waals surface area contributed by atoms with Crippen molar-refractivity contribution in [1.82, 2.24) is 5.32 Å². The lowest BCUT2D eigenvalue weighted by atomic mass is 9.98. The van der Waals surface area contributed by atoms with Crippen molar-refractivity contribution in [2.24, 2.45) is 0 Å². The predicted molar refractivity (Wildman–Crippen MR) is 111 cm³/mol. The van der Waals surface area contributed by atoms with Gasteiger partial charge in [-0.25, -0.2) is 0 Å². The number of nitro groups is 1. The number of non-ortho nitro benzene ring substituents is 1. The maximum absolute atomic E-state index is 12.8. The van der Waals surface area contributed by atoms with Crippen molar-refractivity contribution in [2.45, 2.75) is 19.1 Å². The third-order valence-electron chi connectivity index (χ3n) is 4.35. The zero-order chi connectivity index (χ0) is 20.8. The number of carbonyl (C=O) groups excluding carboxylic acids is 1. The lowest BCUT2D eigenvalue weighted by Gasteiger charge is -2.23. The van der Waals surface area contributed by atoms with E-state index >= 15 is 0 Å². The summed E-state index contributed by atoms with van der Waals surface area (Å²) in [5, 5.41) is 13.9. The van der Waals surface area contributed by atoms with Gasteiger partial charge in [0.25, 0.3) is 11.6 Å². The van der Waals surface area contributed by atoms with Crippen LogP contribution in [0.25, 0.3) is 0 Å². The Balaban J connectivity index is 1.77. The van der Waals surface area contributed by atoms with Crippen molar-refractivity contribution in [2.75, 3.05) is 0 Å². The highest BCUT2D eigenvalue weighted by Gasteiger charge is 2.22. The number of nitrogens with one attached hydrogen (secondary N) is 1. The van der Waals surface area contributed by atoms with E-state index in [0.29, 0.717) is 0 Å². The fraction of sp³-hybridized carbons (Fsp3) is 0.136. The number of carbonyl (C=O) groups is 1. The molecule has 148 valence electrons. The van der Waals surface area contributed by atoms with Crippen molar-refractivity contribution in [3.05, 3.63) is 105 Å². The van der Waals surface area contributed by atoms with Crippen molar-refractivity contribution in [1.29, 1.82) is 0 Å². The van der Waals surface area contributed by atoms with Crippen molar-refractivity contribution in [3.63, 3.8) is 0 Å². The second kappa shape index (κ2) is 9.21. The van der Waals surface area contributed by atoms with Crippen LogP contribution >= 0.6 is 11.6 Å². The van der Waals surface area contributed by atoms with Crippen LogP contribution in [0.3, 0.4) is 0 Å². The Morgan fingerprint density at radius 3 is 2.03 bits per heavy atom. The van der Waals surface area contributed by atoms with E-state index in [1.54, 1.807) is 6.92 Å². The molecule has 3 rings (SSSR count). The zero-order valence-corrected chi connectivity index (χ0v) is 16.4. The van der Waals surface area contributed by atoms with Gasteiger partial charge in [0.15, 0.2) is 6.10 Å². The van der Waals surface area contributed by atoms with Gasteiger partial charge in [-0.2, -0.15) is 0 Å². The van der Waals surface area contributed by atoms with Crippen LogP contribution in [0, 0.1) is 10.1 Å². The molecule has 0 fully saturated rings. The Hall–Kier alpha value is -3.38. The Morgan fingerprint density at radius 1 is 1.00 bits per heavy atom. The maximum Gasteiger partial charge on any atom is 0.271 e. The summed E-state index contributed by atoms with van der Waals surface area (Å²) in [4.78, 5) is 23.1. The quantitative estimate of drug-likeness (QED) is 0.442. The summed E-state index contributed by atoms with van der Waals surface area (Å²) in [6, 6.07) is 22.7. The first-order valence-electron chi connectivity index (χ1n) is 8.96. The highest BCUT2D eigenvalue weighted by atomic mass is 35.5. The molecule has 6 nitrogen and oxygen atoms in total. The van der Waals surface area contributed by atoms with Gasteiger partial charge >= 0.3 is 0 Å². The van der Waals surface area contributed by atoms with Gasteiger partial charge in [-0.3, -0.25) is 14.9 Å². The molecule has 0 heterocycles. The normalized spacial score (nSPS) is 11.7. The second-order valence-electron chi connectivity index (χ2n) is 6.39. The van der Waals surface area contributed by atoms with E-state index in [1.165, 1.54) is 18.2 Å². The lowest BCUT2D eigenvalue weighted by Crippen LogP contribution is -2.39. The van der Waals surface area contributed by atoms with Crippen LogP contribution in [0.15, 0.2) is 78.9 Å². The summed E-state index contributed by atoms with van der Waals surface area (Å²) in [5.74, 6) is -0.131. The van der Waals surface area contributed by atoms with Gasteiger partial charge in [0.2, 0.25) is 0 Å². The van der Waals surface area contributed by atoms with Crippen LogP contribution in [0.4, 0.5) is 5.69 Å². The first kappa shape index (κ1) is 20.4. The van der Waals surface area contributed by atoms with E-state index < -0.39 is 11.0 Å². The van der Waals surface area contributed by atoms with Gasteiger partial charge in [-0.1, -0.05) is 72.3 Å². The molecule has 0 bridgehead atoms. The third-order valence-corrected chi connectivity index (χ3v) is 4.65. The number of hydrogen-bond donors (Lipinski definition) is 1. The number of rotatable bonds is 7. The smallest absolute Gasteiger partial charge is 0.271 e. The summed E-state index contributed by atoms with van der Waals surface area (Å²) >= 11 is 6.06.